The third-order valence-electron chi connectivity index (χ3n) is 4.19. The van der Waals surface area contributed by atoms with E-state index in [1.54, 1.807) is 0 Å². The molecule has 0 aromatic heterocycles. The van der Waals surface area contributed by atoms with Crippen molar-refractivity contribution in [2.75, 3.05) is 6.54 Å². The fraction of sp³-hybridized carbons (Fsp3) is 0.467. The number of fused-ring (bicyclic) bond motifs is 1. The lowest BCUT2D eigenvalue weighted by Crippen LogP contribution is -2.44. The van der Waals surface area contributed by atoms with Gasteiger partial charge in [0.05, 0.1) is 18.0 Å². The molecule has 5 heteroatoms. The minimum absolute atomic E-state index is 0. The first-order chi connectivity index (χ1) is 9.20. The molecule has 2 aliphatic rings. The van der Waals surface area contributed by atoms with Crippen molar-refractivity contribution in [3.05, 3.63) is 35.9 Å². The van der Waals surface area contributed by atoms with Gasteiger partial charge < -0.3 is 5.32 Å². The summed E-state index contributed by atoms with van der Waals surface area (Å²) >= 11 is 0. The summed E-state index contributed by atoms with van der Waals surface area (Å²) in [6.07, 6.45) is 1.79. The van der Waals surface area contributed by atoms with Crippen LogP contribution in [0.2, 0.25) is 0 Å². The second kappa shape index (κ2) is 5.94. The van der Waals surface area contributed by atoms with Crippen molar-refractivity contribution in [3.8, 4) is 0 Å². The number of piperidine rings is 1. The lowest BCUT2D eigenvalue weighted by molar-refractivity contribution is -0.142. The summed E-state index contributed by atoms with van der Waals surface area (Å²) in [7, 11) is 0. The number of amides is 2. The second-order valence-corrected chi connectivity index (χ2v) is 5.31. The Labute approximate surface area is 124 Å². The molecule has 0 bridgehead atoms. The number of benzene rings is 1. The van der Waals surface area contributed by atoms with Crippen LogP contribution in [0.3, 0.4) is 0 Å². The normalized spacial score (nSPS) is 26.9. The monoisotopic (exact) mass is 294 g/mol. The van der Waals surface area contributed by atoms with Crippen LogP contribution in [-0.4, -0.2) is 29.3 Å². The van der Waals surface area contributed by atoms with E-state index in [0.717, 1.165) is 24.9 Å². The van der Waals surface area contributed by atoms with Crippen LogP contribution in [0.4, 0.5) is 0 Å². The first-order valence-corrected chi connectivity index (χ1v) is 6.85. The number of hydrogen-bond acceptors (Lipinski definition) is 3. The van der Waals surface area contributed by atoms with Crippen molar-refractivity contribution in [3.63, 3.8) is 0 Å². The number of imide groups is 1. The van der Waals surface area contributed by atoms with Crippen LogP contribution in [0.25, 0.3) is 0 Å². The minimum atomic E-state index is -0.299. The summed E-state index contributed by atoms with van der Waals surface area (Å²) in [6.45, 7) is 2.75. The molecule has 108 valence electrons. The van der Waals surface area contributed by atoms with Gasteiger partial charge in [-0.15, -0.1) is 12.4 Å². The van der Waals surface area contributed by atoms with Crippen LogP contribution in [0.15, 0.2) is 30.3 Å². The highest BCUT2D eigenvalue weighted by molar-refractivity contribution is 6.07. The molecule has 2 aliphatic heterocycles. The Balaban J connectivity index is 0.00000147. The fourth-order valence-corrected chi connectivity index (χ4v) is 3.11. The maximum atomic E-state index is 12.4. The molecule has 20 heavy (non-hydrogen) atoms. The van der Waals surface area contributed by atoms with Gasteiger partial charge in [0, 0.05) is 0 Å². The van der Waals surface area contributed by atoms with E-state index < -0.39 is 0 Å². The summed E-state index contributed by atoms with van der Waals surface area (Å²) in [4.78, 5) is 26.3. The number of carbonyl (C=O) groups is 2. The highest BCUT2D eigenvalue weighted by Crippen LogP contribution is 2.33. The fourth-order valence-electron chi connectivity index (χ4n) is 3.11. The van der Waals surface area contributed by atoms with Gasteiger partial charge in [0.25, 0.3) is 0 Å². The van der Waals surface area contributed by atoms with Crippen LogP contribution in [-0.2, 0) is 9.59 Å². The second-order valence-electron chi connectivity index (χ2n) is 5.31. The van der Waals surface area contributed by atoms with Crippen LogP contribution < -0.4 is 5.32 Å². The molecule has 0 radical (unpaired) electrons. The molecule has 4 nitrogen and oxygen atoms in total. The topological polar surface area (TPSA) is 49.4 Å². The van der Waals surface area contributed by atoms with E-state index in [4.69, 9.17) is 0 Å². The van der Waals surface area contributed by atoms with E-state index in [0.29, 0.717) is 0 Å². The average Bonchev–Trinajstić information content (AvgIpc) is 2.72. The summed E-state index contributed by atoms with van der Waals surface area (Å²) in [5, 5.41) is 3.19. The minimum Gasteiger partial charge on any atom is -0.305 e. The summed E-state index contributed by atoms with van der Waals surface area (Å²) < 4.78 is 0. The zero-order valence-corrected chi connectivity index (χ0v) is 12.2. The molecule has 0 spiro atoms. The molecule has 1 aromatic rings. The molecule has 2 saturated heterocycles. The van der Waals surface area contributed by atoms with Crippen LogP contribution >= 0.6 is 12.4 Å². The summed E-state index contributed by atoms with van der Waals surface area (Å²) in [6, 6.07) is 9.23. The van der Waals surface area contributed by atoms with Crippen molar-refractivity contribution < 1.29 is 9.59 Å². The molecule has 0 unspecified atom stereocenters. The van der Waals surface area contributed by atoms with E-state index in [2.05, 4.69) is 5.32 Å². The first-order valence-electron chi connectivity index (χ1n) is 6.85. The predicted molar refractivity (Wildman–Crippen MR) is 78.5 cm³/mol. The highest BCUT2D eigenvalue weighted by Gasteiger charge is 2.49. The lowest BCUT2D eigenvalue weighted by Gasteiger charge is -2.23. The Bertz CT molecular complexity index is 482. The van der Waals surface area contributed by atoms with Gasteiger partial charge in [0.1, 0.15) is 0 Å². The number of hydrogen-bond donors (Lipinski definition) is 1. The number of rotatable bonds is 2. The van der Waals surface area contributed by atoms with Crippen LogP contribution in [0, 0.1) is 5.92 Å². The Morgan fingerprint density at radius 3 is 2.55 bits per heavy atom. The number of nitrogens with one attached hydrogen (secondary N) is 1. The Morgan fingerprint density at radius 2 is 1.90 bits per heavy atom. The first kappa shape index (κ1) is 15.0. The van der Waals surface area contributed by atoms with Gasteiger partial charge in [-0.1, -0.05) is 30.3 Å². The Morgan fingerprint density at radius 1 is 1.20 bits per heavy atom. The average molecular weight is 295 g/mol. The van der Waals surface area contributed by atoms with Crippen LogP contribution in [0.1, 0.15) is 31.4 Å². The lowest BCUT2D eigenvalue weighted by atomic mass is 9.93. The van der Waals surface area contributed by atoms with Gasteiger partial charge in [-0.2, -0.15) is 0 Å². The van der Waals surface area contributed by atoms with Crippen molar-refractivity contribution in [2.45, 2.75) is 31.8 Å². The number of nitrogens with zero attached hydrogens (tertiary/aromatic N) is 1. The Kier molecular flexibility index (Phi) is 4.45. The molecule has 1 aromatic carbocycles. The van der Waals surface area contributed by atoms with Gasteiger partial charge in [0.15, 0.2) is 0 Å². The van der Waals surface area contributed by atoms with Gasteiger partial charge in [0.2, 0.25) is 11.8 Å². The van der Waals surface area contributed by atoms with Gasteiger partial charge in [-0.3, -0.25) is 14.5 Å². The SMILES string of the molecule is C[C@@H](c1ccccc1)N1C(=O)[C@H]2NCCC[C@H]2C1=O.Cl. The molecule has 3 atom stereocenters. The van der Waals surface area contributed by atoms with E-state index in [9.17, 15) is 9.59 Å². The summed E-state index contributed by atoms with van der Waals surface area (Å²) in [5.74, 6) is -0.239. The molecule has 3 rings (SSSR count). The zero-order chi connectivity index (χ0) is 13.4. The third kappa shape index (κ3) is 2.34. The molecular formula is C15H19ClN2O2. The molecule has 2 heterocycles. The standard InChI is InChI=1S/C15H18N2O2.ClH/c1-10(11-6-3-2-4-7-11)17-14(18)12-8-5-9-16-13(12)15(17)19;/h2-4,6-7,10,12-13,16H,5,8-9H2,1H3;1H/t10-,12+,13-;/m0./s1. The Hall–Kier alpha value is -1.39. The van der Waals surface area contributed by atoms with E-state index >= 15 is 0 Å². The molecule has 2 amide bonds. The van der Waals surface area contributed by atoms with E-state index in [-0.39, 0.29) is 42.2 Å². The maximum Gasteiger partial charge on any atom is 0.247 e. The predicted octanol–water partition coefficient (Wildman–Crippen LogP) is 1.91. The van der Waals surface area contributed by atoms with Crippen molar-refractivity contribution in [2.24, 2.45) is 5.92 Å². The van der Waals surface area contributed by atoms with Crippen molar-refractivity contribution >= 4 is 24.2 Å². The van der Waals surface area contributed by atoms with E-state index in [1.807, 2.05) is 37.3 Å². The van der Waals surface area contributed by atoms with Gasteiger partial charge in [-0.25, -0.2) is 0 Å². The number of halogens is 1. The summed E-state index contributed by atoms with van der Waals surface area (Å²) in [5.41, 5.74) is 1.00. The largest absolute Gasteiger partial charge is 0.305 e. The van der Waals surface area contributed by atoms with Gasteiger partial charge >= 0.3 is 0 Å². The highest BCUT2D eigenvalue weighted by atomic mass is 35.5. The molecule has 1 N–H and O–H groups in total. The third-order valence-corrected chi connectivity index (χ3v) is 4.19. The van der Waals surface area contributed by atoms with Crippen LogP contribution in [0.5, 0.6) is 0 Å². The van der Waals surface area contributed by atoms with Crippen molar-refractivity contribution in [1.82, 2.24) is 10.2 Å². The smallest absolute Gasteiger partial charge is 0.247 e. The maximum absolute atomic E-state index is 12.4. The molecule has 0 aliphatic carbocycles. The van der Waals surface area contributed by atoms with Crippen molar-refractivity contribution in [1.29, 1.82) is 0 Å². The van der Waals surface area contributed by atoms with E-state index in [1.165, 1.54) is 4.90 Å². The molecule has 0 saturated carbocycles. The molecule has 2 fully saturated rings. The number of carbonyl (C=O) groups excluding carboxylic acids is 2. The molecular weight excluding hydrogens is 276 g/mol. The zero-order valence-electron chi connectivity index (χ0n) is 11.4. The number of likely N-dealkylation sites (tertiary alicyclic amines) is 1. The quantitative estimate of drug-likeness (QED) is 0.848. The van der Waals surface area contributed by atoms with Gasteiger partial charge in [-0.05, 0) is 31.9 Å².